The topological polar surface area (TPSA) is 140 Å². The number of fused-ring (bicyclic) bond motifs is 40. The van der Waals surface area contributed by atoms with Crippen molar-refractivity contribution in [2.24, 2.45) is 0 Å². The van der Waals surface area contributed by atoms with E-state index in [1.165, 1.54) is 92.3 Å². The van der Waals surface area contributed by atoms with Crippen LogP contribution in [0.1, 0.15) is 0 Å². The standard InChI is InChI=1S/2C44H24N4O.C36H19N3O/c1-2-10-27(11-3-1)47-35-16-8-4-12-28(35)29-19-18-25(24-37(29)47)26-22-31-40-36(20-21-39-41(40)30-13-5-9-17-38(30)49-39)48-43(31)32(23-26)42-44(48)46-34-15-7-6-14-33(34)45-42;1-2-10-27(11-3-1)47-35-16-8-4-12-28(35)30-22-25(18-19-36(30)47)26-23-31-40-37(20-21-39-41(40)29-13-5-9-17-38(29)49-39)48-43(31)32(24-26)42-44(48)46-34-15-7-6-14-33(34)45-42;1-2-7-21-18-22(13-12-20(21)6-1)23-14-15-24-31(19-23)40-30-17-16-29-32(33(24)30)25-8-5-9-26-34-36(39(29)35(25)26)38-28-11-4-3-10-27(28)37-34/h2*1-24H;1-19H. The minimum Gasteiger partial charge on any atom is -0.456 e. The van der Waals surface area contributed by atoms with Crippen LogP contribution in [0.3, 0.4) is 0 Å². The van der Waals surface area contributed by atoms with Gasteiger partial charge in [0.1, 0.15) is 50.0 Å². The maximum absolute atomic E-state index is 6.51. The molecule has 0 spiro atoms. The number of nitrogens with zero attached hydrogens (tertiary/aromatic N) is 11. The first kappa shape index (κ1) is 73.7. The van der Waals surface area contributed by atoms with Crippen molar-refractivity contribution in [3.8, 4) is 44.8 Å². The van der Waals surface area contributed by atoms with Gasteiger partial charge in [0, 0.05) is 114 Å². The van der Waals surface area contributed by atoms with E-state index < -0.39 is 0 Å². The molecule has 0 fully saturated rings. The first-order valence-electron chi connectivity index (χ1n) is 46.7. The second-order valence-electron chi connectivity index (χ2n) is 36.6. The van der Waals surface area contributed by atoms with Gasteiger partial charge in [0.25, 0.3) is 0 Å². The third-order valence-corrected chi connectivity index (χ3v) is 29.3. The maximum atomic E-state index is 6.51. The van der Waals surface area contributed by atoms with Crippen molar-refractivity contribution in [1.82, 2.24) is 52.2 Å². The zero-order valence-electron chi connectivity index (χ0n) is 73.3. The Morgan fingerprint density at radius 1 is 0.167 bits per heavy atom. The molecule has 34 aromatic rings. The van der Waals surface area contributed by atoms with E-state index in [2.05, 4.69) is 344 Å². The molecule has 636 valence electrons. The first-order chi connectivity index (χ1) is 68.4. The van der Waals surface area contributed by atoms with Gasteiger partial charge in [-0.2, -0.15) is 0 Å². The van der Waals surface area contributed by atoms with E-state index in [-0.39, 0.29) is 0 Å². The van der Waals surface area contributed by atoms with E-state index in [0.29, 0.717) is 0 Å². The Kier molecular flexibility index (Phi) is 14.6. The molecule has 14 heterocycles. The average molecular weight is 1760 g/mol. The fourth-order valence-corrected chi connectivity index (χ4v) is 23.4. The molecule has 14 aromatic heterocycles. The molecule has 0 unspecified atom stereocenters. The predicted molar refractivity (Wildman–Crippen MR) is 567 cm³/mol. The Morgan fingerprint density at radius 2 is 0.507 bits per heavy atom. The summed E-state index contributed by atoms with van der Waals surface area (Å²) in [6, 6.07) is 144. The quantitative estimate of drug-likeness (QED) is 0.165. The summed E-state index contributed by atoms with van der Waals surface area (Å²) < 4.78 is 31.0. The summed E-state index contributed by atoms with van der Waals surface area (Å²) in [6.07, 6.45) is 0. The molecule has 0 bridgehead atoms. The highest BCUT2D eigenvalue weighted by Gasteiger charge is 2.30. The highest BCUT2D eigenvalue weighted by atomic mass is 16.3. The number of rotatable bonds is 5. The van der Waals surface area contributed by atoms with Crippen molar-refractivity contribution in [2.75, 3.05) is 0 Å². The molecule has 0 saturated heterocycles. The number of furan rings is 3. The third-order valence-electron chi connectivity index (χ3n) is 29.3. The molecule has 0 atom stereocenters. The highest BCUT2D eigenvalue weighted by Crippen LogP contribution is 2.52. The lowest BCUT2D eigenvalue weighted by atomic mass is 9.97. The van der Waals surface area contributed by atoms with E-state index in [4.69, 9.17) is 43.2 Å². The molecule has 34 rings (SSSR count). The Morgan fingerprint density at radius 3 is 1.05 bits per heavy atom. The Labute approximate surface area is 779 Å². The molecular weight excluding hydrogens is 1690 g/mol. The maximum Gasteiger partial charge on any atom is 0.165 e. The molecule has 0 amide bonds. The number of benzene rings is 20. The summed E-state index contributed by atoms with van der Waals surface area (Å²) in [5.41, 5.74) is 36.9. The first-order valence-corrected chi connectivity index (χ1v) is 46.7. The summed E-state index contributed by atoms with van der Waals surface area (Å²) in [5, 5.41) is 24.7. The van der Waals surface area contributed by atoms with Gasteiger partial charge in [0.15, 0.2) is 16.9 Å². The van der Waals surface area contributed by atoms with Gasteiger partial charge in [-0.15, -0.1) is 0 Å². The van der Waals surface area contributed by atoms with Gasteiger partial charge < -0.3 is 22.4 Å². The molecule has 0 aliphatic heterocycles. The minimum absolute atomic E-state index is 0.873. The molecule has 0 N–H and O–H groups in total. The summed E-state index contributed by atoms with van der Waals surface area (Å²) in [6.45, 7) is 0. The van der Waals surface area contributed by atoms with Crippen LogP contribution in [0.25, 0.3) is 313 Å². The summed E-state index contributed by atoms with van der Waals surface area (Å²) in [7, 11) is 0. The van der Waals surface area contributed by atoms with Crippen LogP contribution in [0, 0.1) is 0 Å². The average Bonchev–Trinajstić information content (AvgIpc) is 1.55. The van der Waals surface area contributed by atoms with Gasteiger partial charge in [0.2, 0.25) is 0 Å². The van der Waals surface area contributed by atoms with Crippen LogP contribution in [-0.4, -0.2) is 52.2 Å². The molecule has 14 heteroatoms. The Balaban J connectivity index is 0.0000000947. The van der Waals surface area contributed by atoms with Crippen LogP contribution in [0.2, 0.25) is 0 Å². The lowest BCUT2D eigenvalue weighted by Crippen LogP contribution is -1.93. The lowest BCUT2D eigenvalue weighted by molar-refractivity contribution is 0.669. The van der Waals surface area contributed by atoms with Gasteiger partial charge >= 0.3 is 0 Å². The van der Waals surface area contributed by atoms with Crippen LogP contribution in [0.15, 0.2) is 420 Å². The van der Waals surface area contributed by atoms with Crippen molar-refractivity contribution < 1.29 is 13.3 Å². The number of para-hydroxylation sites is 13. The molecule has 14 nitrogen and oxygen atoms in total. The largest absolute Gasteiger partial charge is 0.456 e. The minimum atomic E-state index is 0.873. The fourth-order valence-electron chi connectivity index (χ4n) is 23.4. The van der Waals surface area contributed by atoms with Crippen LogP contribution in [0.5, 0.6) is 0 Å². The summed E-state index contributed by atoms with van der Waals surface area (Å²) in [5.74, 6) is 0. The molecule has 20 aromatic carbocycles. The zero-order chi connectivity index (χ0) is 89.5. The van der Waals surface area contributed by atoms with E-state index in [1.54, 1.807) is 0 Å². The Bertz CT molecular complexity index is 11300. The van der Waals surface area contributed by atoms with Crippen LogP contribution < -0.4 is 0 Å². The fraction of sp³-hybridized carbons (Fsp3) is 0. The van der Waals surface area contributed by atoms with Crippen molar-refractivity contribution in [1.29, 1.82) is 0 Å². The SMILES string of the molecule is c1ccc(-n2c3ccccc3c3cc(-c4cc5c6nc7ccccc7nc6n6c7ccc8oc9ccccc9c8c7c(c4)c56)ccc32)cc1.c1ccc(-n2c3ccccc3c3ccc(-c4cc5c6nc7ccccc7nc6n6c7ccc8oc9ccccc9c8c7c(c4)c56)cc32)cc1.c1ccc2cc(-c3ccc4c(c3)oc3ccc5c(c6cccc7c8nc9ccccc9nc8n5c76)c34)ccc2c1. The second kappa shape index (κ2) is 27.4. The highest BCUT2D eigenvalue weighted by molar-refractivity contribution is 6.36. The molecule has 0 saturated carbocycles. The van der Waals surface area contributed by atoms with Gasteiger partial charge in [-0.3, -0.25) is 13.2 Å². The number of hydrogen-bond donors (Lipinski definition) is 0. The van der Waals surface area contributed by atoms with Gasteiger partial charge in [0.05, 0.1) is 88.3 Å². The summed E-state index contributed by atoms with van der Waals surface area (Å²) >= 11 is 0. The van der Waals surface area contributed by atoms with Gasteiger partial charge in [-0.25, -0.2) is 29.9 Å². The monoisotopic (exact) mass is 1760 g/mol. The lowest BCUT2D eigenvalue weighted by Gasteiger charge is -2.09. The Hall–Kier alpha value is -18.9. The smallest absolute Gasteiger partial charge is 0.165 e. The van der Waals surface area contributed by atoms with E-state index in [1.807, 2.05) is 84.9 Å². The van der Waals surface area contributed by atoms with Crippen LogP contribution >= 0.6 is 0 Å². The van der Waals surface area contributed by atoms with Crippen molar-refractivity contribution in [3.05, 3.63) is 406 Å². The van der Waals surface area contributed by atoms with Crippen molar-refractivity contribution in [3.63, 3.8) is 0 Å². The molecular formula is C124H67N11O3. The molecule has 0 aliphatic rings. The summed E-state index contributed by atoms with van der Waals surface area (Å²) in [4.78, 5) is 31.1. The number of aromatic nitrogens is 11. The van der Waals surface area contributed by atoms with Crippen LogP contribution in [0.4, 0.5) is 0 Å². The zero-order valence-corrected chi connectivity index (χ0v) is 73.3. The van der Waals surface area contributed by atoms with E-state index >= 15 is 0 Å². The molecule has 0 aliphatic carbocycles. The third kappa shape index (κ3) is 10.2. The predicted octanol–water partition coefficient (Wildman–Crippen LogP) is 32.4. The van der Waals surface area contributed by atoms with Crippen molar-refractivity contribution >= 4 is 268 Å². The van der Waals surface area contributed by atoms with Gasteiger partial charge in [-0.05, 0) is 226 Å². The van der Waals surface area contributed by atoms with E-state index in [0.717, 1.165) is 221 Å². The normalized spacial score (nSPS) is 12.5. The van der Waals surface area contributed by atoms with Crippen LogP contribution in [-0.2, 0) is 0 Å². The van der Waals surface area contributed by atoms with Crippen molar-refractivity contribution in [2.45, 2.75) is 0 Å². The van der Waals surface area contributed by atoms with E-state index in [9.17, 15) is 0 Å². The number of hydrogen-bond acceptors (Lipinski definition) is 9. The molecule has 138 heavy (non-hydrogen) atoms. The van der Waals surface area contributed by atoms with Gasteiger partial charge in [-0.1, -0.05) is 224 Å². The molecule has 0 radical (unpaired) electrons. The second-order valence-corrected chi connectivity index (χ2v) is 36.6.